The summed E-state index contributed by atoms with van der Waals surface area (Å²) in [7, 11) is 4.25. The fourth-order valence-electron chi connectivity index (χ4n) is 2.01. The molecule has 1 N–H and O–H groups in total. The molecule has 0 bridgehead atoms. The van der Waals surface area contributed by atoms with Crippen LogP contribution < -0.4 is 5.32 Å². The zero-order chi connectivity index (χ0) is 13.0. The second-order valence-electron chi connectivity index (χ2n) is 5.13. The minimum absolute atomic E-state index is 0.561. The van der Waals surface area contributed by atoms with Gasteiger partial charge in [0.25, 0.3) is 0 Å². The largest absolute Gasteiger partial charge is 0.310 e. The van der Waals surface area contributed by atoms with Gasteiger partial charge < -0.3 is 10.2 Å². The number of nitrogens with zero attached hydrogens (tertiary/aromatic N) is 1. The van der Waals surface area contributed by atoms with Crippen LogP contribution in [0, 0.1) is 0 Å². The third-order valence-corrected chi connectivity index (χ3v) is 4.22. The molecular formula is C15H22N2S. The van der Waals surface area contributed by atoms with Gasteiger partial charge in [0.15, 0.2) is 0 Å². The molecule has 0 fully saturated rings. The van der Waals surface area contributed by atoms with Crippen molar-refractivity contribution in [2.24, 2.45) is 0 Å². The van der Waals surface area contributed by atoms with E-state index in [0.29, 0.717) is 6.04 Å². The summed E-state index contributed by atoms with van der Waals surface area (Å²) in [5.74, 6) is 0. The molecule has 0 spiro atoms. The number of hydrogen-bond acceptors (Lipinski definition) is 3. The van der Waals surface area contributed by atoms with Crippen LogP contribution in [0.2, 0.25) is 0 Å². The molecule has 2 aromatic rings. The molecule has 1 unspecified atom stereocenters. The minimum Gasteiger partial charge on any atom is -0.310 e. The van der Waals surface area contributed by atoms with Crippen LogP contribution in [0.5, 0.6) is 0 Å². The molecule has 0 aliphatic carbocycles. The first-order valence-electron chi connectivity index (χ1n) is 6.50. The molecule has 2 nitrogen and oxygen atoms in total. The van der Waals surface area contributed by atoms with Gasteiger partial charge in [-0.2, -0.15) is 0 Å². The standard InChI is InChI=1S/C15H22N2S/c1-12(8-9-17(2)3)16-10-13-11-18-15-7-5-4-6-14(13)15/h4-7,11-12,16H,8-10H2,1-3H3. The maximum atomic E-state index is 3.61. The van der Waals surface area contributed by atoms with E-state index in [1.165, 1.54) is 22.1 Å². The van der Waals surface area contributed by atoms with Gasteiger partial charge in [-0.05, 0) is 56.4 Å². The molecule has 0 aliphatic rings. The SMILES string of the molecule is CC(CCN(C)C)NCc1csc2ccccc12. The number of thiophene rings is 1. The van der Waals surface area contributed by atoms with Crippen molar-refractivity contribution in [3.05, 3.63) is 35.2 Å². The molecule has 1 heterocycles. The monoisotopic (exact) mass is 262 g/mol. The number of fused-ring (bicyclic) bond motifs is 1. The van der Waals surface area contributed by atoms with Crippen molar-refractivity contribution in [2.45, 2.75) is 25.9 Å². The normalized spacial score (nSPS) is 13.3. The van der Waals surface area contributed by atoms with Crippen LogP contribution in [0.3, 0.4) is 0 Å². The van der Waals surface area contributed by atoms with E-state index >= 15 is 0 Å². The van der Waals surface area contributed by atoms with E-state index in [1.807, 2.05) is 11.3 Å². The fourth-order valence-corrected chi connectivity index (χ4v) is 2.97. The van der Waals surface area contributed by atoms with E-state index in [4.69, 9.17) is 0 Å². The summed E-state index contributed by atoms with van der Waals surface area (Å²) in [6, 6.07) is 9.20. The van der Waals surface area contributed by atoms with Crippen LogP contribution in [0.25, 0.3) is 10.1 Å². The Labute approximate surface area is 114 Å². The van der Waals surface area contributed by atoms with Crippen molar-refractivity contribution in [3.63, 3.8) is 0 Å². The quantitative estimate of drug-likeness (QED) is 0.859. The maximum absolute atomic E-state index is 3.61. The van der Waals surface area contributed by atoms with Gasteiger partial charge in [0.2, 0.25) is 0 Å². The van der Waals surface area contributed by atoms with Crippen LogP contribution in [-0.2, 0) is 6.54 Å². The molecule has 3 heteroatoms. The molecule has 0 saturated heterocycles. The molecule has 0 amide bonds. The summed E-state index contributed by atoms with van der Waals surface area (Å²) < 4.78 is 1.38. The first-order chi connectivity index (χ1) is 8.66. The Kier molecular flexibility index (Phi) is 4.75. The lowest BCUT2D eigenvalue weighted by atomic mass is 10.1. The van der Waals surface area contributed by atoms with E-state index in [1.54, 1.807) is 0 Å². The Morgan fingerprint density at radius 2 is 2.06 bits per heavy atom. The van der Waals surface area contributed by atoms with Gasteiger partial charge in [-0.15, -0.1) is 11.3 Å². The van der Waals surface area contributed by atoms with E-state index < -0.39 is 0 Å². The van der Waals surface area contributed by atoms with Crippen molar-refractivity contribution < 1.29 is 0 Å². The Balaban J connectivity index is 1.90. The predicted octanol–water partition coefficient (Wildman–Crippen LogP) is 3.33. The van der Waals surface area contributed by atoms with Crippen LogP contribution >= 0.6 is 11.3 Å². The zero-order valence-electron chi connectivity index (χ0n) is 11.4. The van der Waals surface area contributed by atoms with Gasteiger partial charge >= 0.3 is 0 Å². The lowest BCUT2D eigenvalue weighted by Gasteiger charge is -2.16. The maximum Gasteiger partial charge on any atom is 0.0346 e. The van der Waals surface area contributed by atoms with E-state index in [2.05, 4.69) is 60.9 Å². The molecule has 98 valence electrons. The Morgan fingerprint density at radius 1 is 1.28 bits per heavy atom. The highest BCUT2D eigenvalue weighted by atomic mass is 32.1. The highest BCUT2D eigenvalue weighted by Crippen LogP contribution is 2.25. The molecule has 2 rings (SSSR count). The van der Waals surface area contributed by atoms with Gasteiger partial charge in [-0.3, -0.25) is 0 Å². The minimum atomic E-state index is 0.561. The van der Waals surface area contributed by atoms with Crippen LogP contribution in [0.1, 0.15) is 18.9 Å². The summed E-state index contributed by atoms with van der Waals surface area (Å²) in [5.41, 5.74) is 1.42. The lowest BCUT2D eigenvalue weighted by molar-refractivity contribution is 0.366. The van der Waals surface area contributed by atoms with Crippen molar-refractivity contribution in [2.75, 3.05) is 20.6 Å². The van der Waals surface area contributed by atoms with Crippen molar-refractivity contribution in [1.29, 1.82) is 0 Å². The lowest BCUT2D eigenvalue weighted by Crippen LogP contribution is -2.29. The number of nitrogens with one attached hydrogen (secondary N) is 1. The van der Waals surface area contributed by atoms with E-state index in [0.717, 1.165) is 13.1 Å². The Morgan fingerprint density at radius 3 is 2.83 bits per heavy atom. The summed E-state index contributed by atoms with van der Waals surface area (Å²) in [6.45, 7) is 4.37. The van der Waals surface area contributed by atoms with Gasteiger partial charge in [0.1, 0.15) is 0 Å². The van der Waals surface area contributed by atoms with Crippen molar-refractivity contribution in [1.82, 2.24) is 10.2 Å². The highest BCUT2D eigenvalue weighted by Gasteiger charge is 2.06. The average molecular weight is 262 g/mol. The van der Waals surface area contributed by atoms with Crippen molar-refractivity contribution in [3.8, 4) is 0 Å². The first kappa shape index (κ1) is 13.5. The summed E-state index contributed by atoms with van der Waals surface area (Å²) >= 11 is 1.84. The Bertz CT molecular complexity index is 490. The van der Waals surface area contributed by atoms with Gasteiger partial charge in [0, 0.05) is 17.3 Å². The van der Waals surface area contributed by atoms with Gasteiger partial charge in [-0.25, -0.2) is 0 Å². The molecule has 0 saturated carbocycles. The van der Waals surface area contributed by atoms with Crippen LogP contribution in [0.4, 0.5) is 0 Å². The predicted molar refractivity (Wildman–Crippen MR) is 81.3 cm³/mol. The molecule has 1 aromatic heterocycles. The van der Waals surface area contributed by atoms with Gasteiger partial charge in [-0.1, -0.05) is 18.2 Å². The smallest absolute Gasteiger partial charge is 0.0346 e. The molecule has 0 radical (unpaired) electrons. The fraction of sp³-hybridized carbons (Fsp3) is 0.467. The summed E-state index contributed by atoms with van der Waals surface area (Å²) in [6.07, 6.45) is 1.19. The highest BCUT2D eigenvalue weighted by molar-refractivity contribution is 7.17. The molecule has 0 aliphatic heterocycles. The molecule has 18 heavy (non-hydrogen) atoms. The van der Waals surface area contributed by atoms with Gasteiger partial charge in [0.05, 0.1) is 0 Å². The average Bonchev–Trinajstić information content (AvgIpc) is 2.77. The number of rotatable bonds is 6. The zero-order valence-corrected chi connectivity index (χ0v) is 12.3. The third-order valence-electron chi connectivity index (χ3n) is 3.21. The topological polar surface area (TPSA) is 15.3 Å². The third kappa shape index (κ3) is 3.55. The van der Waals surface area contributed by atoms with E-state index in [9.17, 15) is 0 Å². The molecule has 1 atom stereocenters. The van der Waals surface area contributed by atoms with Crippen molar-refractivity contribution >= 4 is 21.4 Å². The second-order valence-corrected chi connectivity index (χ2v) is 6.04. The second kappa shape index (κ2) is 6.32. The van der Waals surface area contributed by atoms with Crippen LogP contribution in [-0.4, -0.2) is 31.6 Å². The number of benzene rings is 1. The van der Waals surface area contributed by atoms with Crippen LogP contribution in [0.15, 0.2) is 29.6 Å². The Hall–Kier alpha value is -0.900. The summed E-state index contributed by atoms with van der Waals surface area (Å²) in [4.78, 5) is 2.23. The first-order valence-corrected chi connectivity index (χ1v) is 7.38. The van der Waals surface area contributed by atoms with E-state index in [-0.39, 0.29) is 0 Å². The summed E-state index contributed by atoms with van der Waals surface area (Å²) in [5, 5.41) is 7.28. The molecule has 1 aromatic carbocycles. The molecular weight excluding hydrogens is 240 g/mol. The number of hydrogen-bond donors (Lipinski definition) is 1.